The maximum atomic E-state index is 13.1. The van der Waals surface area contributed by atoms with E-state index in [1.165, 1.54) is 43.5 Å². The number of methoxy groups -OCH3 is 1. The lowest BCUT2D eigenvalue weighted by Crippen LogP contribution is -2.34. The molecule has 2 aromatic rings. The average molecular weight is 306 g/mol. The van der Waals surface area contributed by atoms with E-state index in [1.807, 2.05) is 0 Å². The number of furan rings is 1. The summed E-state index contributed by atoms with van der Waals surface area (Å²) in [6.07, 6.45) is 1.38. The number of ether oxygens (including phenoxy) is 1. The first kappa shape index (κ1) is 15.6. The van der Waals surface area contributed by atoms with E-state index in [1.54, 1.807) is 6.07 Å². The maximum Gasteiger partial charge on any atom is 0.289 e. The zero-order valence-electron chi connectivity index (χ0n) is 12.1. The summed E-state index contributed by atoms with van der Waals surface area (Å²) in [7, 11) is 2.85. The zero-order valence-corrected chi connectivity index (χ0v) is 12.1. The molecule has 116 valence electrons. The average Bonchev–Trinajstić information content (AvgIpc) is 3.02. The fourth-order valence-corrected chi connectivity index (χ4v) is 1.83. The van der Waals surface area contributed by atoms with Crippen LogP contribution in [-0.4, -0.2) is 37.4 Å². The Kier molecular flexibility index (Phi) is 4.77. The van der Waals surface area contributed by atoms with Gasteiger partial charge in [0.15, 0.2) is 5.76 Å². The third-order valence-electron chi connectivity index (χ3n) is 2.90. The SMILES string of the molecule is COc1cc(F)ccc1NC(=O)CN(C)C(=O)c1ccco1. The summed E-state index contributed by atoms with van der Waals surface area (Å²) >= 11 is 0. The number of hydrogen-bond donors (Lipinski definition) is 1. The number of rotatable bonds is 5. The molecule has 0 aliphatic rings. The second kappa shape index (κ2) is 6.75. The molecule has 0 saturated carbocycles. The van der Waals surface area contributed by atoms with Gasteiger partial charge in [0.05, 0.1) is 25.6 Å². The van der Waals surface area contributed by atoms with Gasteiger partial charge < -0.3 is 19.4 Å². The number of nitrogens with one attached hydrogen (secondary N) is 1. The van der Waals surface area contributed by atoms with Crippen LogP contribution in [0.2, 0.25) is 0 Å². The Morgan fingerprint density at radius 3 is 2.77 bits per heavy atom. The van der Waals surface area contributed by atoms with Crippen molar-refractivity contribution >= 4 is 17.5 Å². The molecule has 0 aliphatic heterocycles. The lowest BCUT2D eigenvalue weighted by atomic mass is 10.2. The number of likely N-dealkylation sites (N-methyl/N-ethyl adjacent to an activating group) is 1. The molecule has 22 heavy (non-hydrogen) atoms. The van der Waals surface area contributed by atoms with E-state index >= 15 is 0 Å². The van der Waals surface area contributed by atoms with Gasteiger partial charge in [0.25, 0.3) is 5.91 Å². The van der Waals surface area contributed by atoms with Crippen molar-refractivity contribution in [2.45, 2.75) is 0 Å². The summed E-state index contributed by atoms with van der Waals surface area (Å²) in [6, 6.07) is 6.86. The van der Waals surface area contributed by atoms with Crippen molar-refractivity contribution in [1.82, 2.24) is 4.90 Å². The maximum absolute atomic E-state index is 13.1. The van der Waals surface area contributed by atoms with Gasteiger partial charge in [-0.3, -0.25) is 9.59 Å². The van der Waals surface area contributed by atoms with E-state index in [-0.39, 0.29) is 18.1 Å². The van der Waals surface area contributed by atoms with E-state index < -0.39 is 17.6 Å². The van der Waals surface area contributed by atoms with Crippen LogP contribution in [0.15, 0.2) is 41.0 Å². The van der Waals surface area contributed by atoms with Crippen LogP contribution in [0.3, 0.4) is 0 Å². The number of nitrogens with zero attached hydrogens (tertiary/aromatic N) is 1. The molecule has 1 heterocycles. The summed E-state index contributed by atoms with van der Waals surface area (Å²) in [5, 5.41) is 2.56. The molecular formula is C15H15FN2O4. The van der Waals surface area contributed by atoms with Crippen molar-refractivity contribution in [2.24, 2.45) is 0 Å². The molecule has 1 N–H and O–H groups in total. The Labute approximate surface area is 126 Å². The van der Waals surface area contributed by atoms with Gasteiger partial charge in [-0.1, -0.05) is 0 Å². The molecular weight excluding hydrogens is 291 g/mol. The molecule has 0 saturated heterocycles. The number of halogens is 1. The van der Waals surface area contributed by atoms with Crippen molar-refractivity contribution < 1.29 is 23.1 Å². The lowest BCUT2D eigenvalue weighted by Gasteiger charge is -2.16. The van der Waals surface area contributed by atoms with Crippen LogP contribution in [0.1, 0.15) is 10.6 Å². The Morgan fingerprint density at radius 2 is 2.14 bits per heavy atom. The van der Waals surface area contributed by atoms with Gasteiger partial charge >= 0.3 is 0 Å². The topological polar surface area (TPSA) is 71.8 Å². The van der Waals surface area contributed by atoms with Crippen LogP contribution in [0.5, 0.6) is 5.75 Å². The predicted octanol–water partition coefficient (Wildman–Crippen LogP) is 2.14. The van der Waals surface area contributed by atoms with Crippen molar-refractivity contribution in [3.05, 3.63) is 48.2 Å². The molecule has 0 spiro atoms. The summed E-state index contributed by atoms with van der Waals surface area (Å²) in [6.45, 7) is -0.180. The molecule has 1 aromatic heterocycles. The second-order valence-corrected chi connectivity index (χ2v) is 4.53. The number of carbonyl (C=O) groups excluding carboxylic acids is 2. The molecule has 0 bridgehead atoms. The highest BCUT2D eigenvalue weighted by atomic mass is 19.1. The van der Waals surface area contributed by atoms with Crippen LogP contribution in [0.25, 0.3) is 0 Å². The van der Waals surface area contributed by atoms with Crippen LogP contribution < -0.4 is 10.1 Å². The Bertz CT molecular complexity index is 670. The second-order valence-electron chi connectivity index (χ2n) is 4.53. The van der Waals surface area contributed by atoms with Crippen LogP contribution >= 0.6 is 0 Å². The van der Waals surface area contributed by atoms with Crippen LogP contribution in [-0.2, 0) is 4.79 Å². The fraction of sp³-hybridized carbons (Fsp3) is 0.200. The summed E-state index contributed by atoms with van der Waals surface area (Å²) < 4.78 is 23.1. The van der Waals surface area contributed by atoms with Gasteiger partial charge in [0.2, 0.25) is 5.91 Å². The van der Waals surface area contributed by atoms with Crippen LogP contribution in [0.4, 0.5) is 10.1 Å². The van der Waals surface area contributed by atoms with Gasteiger partial charge in [0, 0.05) is 13.1 Å². The van der Waals surface area contributed by atoms with E-state index in [4.69, 9.17) is 9.15 Å². The van der Waals surface area contributed by atoms with Gasteiger partial charge in [0.1, 0.15) is 11.6 Å². The molecule has 0 radical (unpaired) electrons. The molecule has 7 heteroatoms. The fourth-order valence-electron chi connectivity index (χ4n) is 1.83. The highest BCUT2D eigenvalue weighted by Gasteiger charge is 2.18. The first-order valence-corrected chi connectivity index (χ1v) is 6.43. The van der Waals surface area contributed by atoms with E-state index in [2.05, 4.69) is 5.32 Å². The quantitative estimate of drug-likeness (QED) is 0.918. The number of carbonyl (C=O) groups is 2. The molecule has 0 unspecified atom stereocenters. The van der Waals surface area contributed by atoms with Gasteiger partial charge in [-0.15, -0.1) is 0 Å². The van der Waals surface area contributed by atoms with Crippen molar-refractivity contribution in [1.29, 1.82) is 0 Å². The third kappa shape index (κ3) is 3.63. The molecule has 0 aliphatic carbocycles. The smallest absolute Gasteiger partial charge is 0.289 e. The molecule has 2 amide bonds. The summed E-state index contributed by atoms with van der Waals surface area (Å²) in [5.41, 5.74) is 0.327. The summed E-state index contributed by atoms with van der Waals surface area (Å²) in [4.78, 5) is 25.1. The van der Waals surface area contributed by atoms with E-state index in [9.17, 15) is 14.0 Å². The molecule has 0 fully saturated rings. The minimum Gasteiger partial charge on any atom is -0.494 e. The van der Waals surface area contributed by atoms with E-state index in [0.29, 0.717) is 5.69 Å². The standard InChI is InChI=1S/C15H15FN2O4/c1-18(15(20)12-4-3-7-22-12)9-14(19)17-11-6-5-10(16)8-13(11)21-2/h3-8H,9H2,1-2H3,(H,17,19). The minimum atomic E-state index is -0.472. The summed E-state index contributed by atoms with van der Waals surface area (Å²) in [5.74, 6) is -0.971. The number of hydrogen-bond acceptors (Lipinski definition) is 4. The third-order valence-corrected chi connectivity index (χ3v) is 2.90. The normalized spacial score (nSPS) is 10.1. The predicted molar refractivity (Wildman–Crippen MR) is 77.3 cm³/mol. The van der Waals surface area contributed by atoms with Crippen LogP contribution in [0, 0.1) is 5.82 Å². The zero-order chi connectivity index (χ0) is 16.1. The van der Waals surface area contributed by atoms with Gasteiger partial charge in [-0.2, -0.15) is 0 Å². The van der Waals surface area contributed by atoms with Crippen molar-refractivity contribution in [2.75, 3.05) is 26.0 Å². The van der Waals surface area contributed by atoms with Gasteiger partial charge in [-0.25, -0.2) is 4.39 Å². The van der Waals surface area contributed by atoms with Crippen molar-refractivity contribution in [3.8, 4) is 5.75 Å². The Hall–Kier alpha value is -2.83. The molecule has 2 rings (SSSR count). The molecule has 6 nitrogen and oxygen atoms in total. The Balaban J connectivity index is 2.00. The minimum absolute atomic E-state index is 0.148. The molecule has 1 aromatic carbocycles. The van der Waals surface area contributed by atoms with Gasteiger partial charge in [-0.05, 0) is 24.3 Å². The first-order valence-electron chi connectivity index (χ1n) is 6.43. The van der Waals surface area contributed by atoms with E-state index in [0.717, 1.165) is 6.07 Å². The number of benzene rings is 1. The highest BCUT2D eigenvalue weighted by Crippen LogP contribution is 2.24. The lowest BCUT2D eigenvalue weighted by molar-refractivity contribution is -0.116. The monoisotopic (exact) mass is 306 g/mol. The molecule has 0 atom stereocenters. The highest BCUT2D eigenvalue weighted by molar-refractivity contribution is 5.98. The Morgan fingerprint density at radius 1 is 1.36 bits per heavy atom. The van der Waals surface area contributed by atoms with Crippen molar-refractivity contribution in [3.63, 3.8) is 0 Å². The number of anilines is 1. The number of amides is 2. The largest absolute Gasteiger partial charge is 0.494 e. The first-order chi connectivity index (χ1) is 10.5.